The zero-order chi connectivity index (χ0) is 12.3. The third-order valence-electron chi connectivity index (χ3n) is 3.92. The fourth-order valence-corrected chi connectivity index (χ4v) is 3.32. The predicted octanol–water partition coefficient (Wildman–Crippen LogP) is 3.26. The number of nitrogens with zero attached hydrogens (tertiary/aromatic N) is 1. The van der Waals surface area contributed by atoms with Gasteiger partial charge in [0.15, 0.2) is 0 Å². The van der Waals surface area contributed by atoms with E-state index in [9.17, 15) is 0 Å². The number of rotatable bonds is 3. The lowest BCUT2D eigenvalue weighted by atomic mass is 9.90. The minimum Gasteiger partial charge on any atom is -0.368 e. The van der Waals surface area contributed by atoms with Crippen LogP contribution in [0.2, 0.25) is 0 Å². The Bertz CT molecular complexity index is 374. The molecule has 0 atom stereocenters. The molecule has 0 amide bonds. The zero-order valence-electron chi connectivity index (χ0n) is 10.7. The van der Waals surface area contributed by atoms with Gasteiger partial charge in [-0.25, -0.2) is 0 Å². The average molecular weight is 344 g/mol. The van der Waals surface area contributed by atoms with Gasteiger partial charge in [0.05, 0.1) is 5.69 Å². The molecule has 2 rings (SSSR count). The molecule has 17 heavy (non-hydrogen) atoms. The van der Waals surface area contributed by atoms with Gasteiger partial charge in [-0.05, 0) is 47.6 Å². The standard InChI is InChI=1S/C14H21IN2/c1-3-14(4-2)11-17(10-9-16-14)13-8-6-5-7-12(13)15/h5-8,16H,3-4,9-11H2,1-2H3. The van der Waals surface area contributed by atoms with Crippen LogP contribution >= 0.6 is 22.6 Å². The maximum absolute atomic E-state index is 3.71. The molecule has 0 saturated carbocycles. The molecular formula is C14H21IN2. The van der Waals surface area contributed by atoms with Crippen LogP contribution in [0.25, 0.3) is 0 Å². The van der Waals surface area contributed by atoms with E-state index in [1.165, 1.54) is 22.1 Å². The molecule has 1 aromatic carbocycles. The first kappa shape index (κ1) is 13.1. The van der Waals surface area contributed by atoms with Gasteiger partial charge >= 0.3 is 0 Å². The minimum absolute atomic E-state index is 0.303. The Morgan fingerprint density at radius 3 is 2.65 bits per heavy atom. The van der Waals surface area contributed by atoms with Crippen LogP contribution in [-0.4, -0.2) is 25.2 Å². The topological polar surface area (TPSA) is 15.3 Å². The molecular weight excluding hydrogens is 323 g/mol. The van der Waals surface area contributed by atoms with Crippen LogP contribution in [-0.2, 0) is 0 Å². The fourth-order valence-electron chi connectivity index (χ4n) is 2.59. The summed E-state index contributed by atoms with van der Waals surface area (Å²) in [5, 5.41) is 3.71. The Balaban J connectivity index is 2.20. The van der Waals surface area contributed by atoms with E-state index in [-0.39, 0.29) is 0 Å². The van der Waals surface area contributed by atoms with Gasteiger partial charge in [0.25, 0.3) is 0 Å². The molecule has 94 valence electrons. The molecule has 0 bridgehead atoms. The van der Waals surface area contributed by atoms with Crippen LogP contribution in [0.15, 0.2) is 24.3 Å². The summed E-state index contributed by atoms with van der Waals surface area (Å²) in [5.74, 6) is 0. The fraction of sp³-hybridized carbons (Fsp3) is 0.571. The minimum atomic E-state index is 0.303. The SMILES string of the molecule is CCC1(CC)CN(c2ccccc2I)CCN1. The first-order chi connectivity index (χ1) is 8.21. The van der Waals surface area contributed by atoms with Gasteiger partial charge in [0.2, 0.25) is 0 Å². The third-order valence-corrected chi connectivity index (χ3v) is 4.83. The second kappa shape index (κ2) is 5.57. The van der Waals surface area contributed by atoms with Gasteiger partial charge in [0, 0.05) is 28.7 Å². The van der Waals surface area contributed by atoms with Gasteiger partial charge in [0.1, 0.15) is 0 Å². The van der Waals surface area contributed by atoms with Crippen LogP contribution in [0.5, 0.6) is 0 Å². The number of piperazine rings is 1. The second-order valence-electron chi connectivity index (χ2n) is 4.79. The first-order valence-electron chi connectivity index (χ1n) is 6.45. The lowest BCUT2D eigenvalue weighted by Gasteiger charge is -2.44. The summed E-state index contributed by atoms with van der Waals surface area (Å²) >= 11 is 2.44. The Labute approximate surface area is 118 Å². The van der Waals surface area contributed by atoms with E-state index in [0.29, 0.717) is 5.54 Å². The highest BCUT2D eigenvalue weighted by atomic mass is 127. The number of anilines is 1. The number of nitrogens with one attached hydrogen (secondary N) is 1. The third kappa shape index (κ3) is 2.76. The molecule has 1 fully saturated rings. The lowest BCUT2D eigenvalue weighted by Crippen LogP contribution is -2.60. The molecule has 1 saturated heterocycles. The van der Waals surface area contributed by atoms with Crippen LogP contribution < -0.4 is 10.2 Å². The molecule has 0 radical (unpaired) electrons. The molecule has 1 aliphatic rings. The van der Waals surface area contributed by atoms with Crippen molar-refractivity contribution in [3.05, 3.63) is 27.8 Å². The van der Waals surface area contributed by atoms with E-state index in [2.05, 4.69) is 70.9 Å². The summed E-state index contributed by atoms with van der Waals surface area (Å²) in [5.41, 5.74) is 1.69. The van der Waals surface area contributed by atoms with E-state index in [0.717, 1.165) is 19.6 Å². The first-order valence-corrected chi connectivity index (χ1v) is 7.53. The Hall–Kier alpha value is -0.290. The van der Waals surface area contributed by atoms with E-state index < -0.39 is 0 Å². The molecule has 1 aliphatic heterocycles. The van der Waals surface area contributed by atoms with Crippen molar-refractivity contribution >= 4 is 28.3 Å². The maximum atomic E-state index is 3.71. The molecule has 1 heterocycles. The quantitative estimate of drug-likeness (QED) is 0.847. The van der Waals surface area contributed by atoms with Crippen molar-refractivity contribution in [3.8, 4) is 0 Å². The number of hydrogen-bond acceptors (Lipinski definition) is 2. The van der Waals surface area contributed by atoms with Crippen molar-refractivity contribution in [1.82, 2.24) is 5.32 Å². The lowest BCUT2D eigenvalue weighted by molar-refractivity contribution is 0.277. The monoisotopic (exact) mass is 344 g/mol. The normalized spacial score (nSPS) is 19.4. The van der Waals surface area contributed by atoms with E-state index in [4.69, 9.17) is 0 Å². The van der Waals surface area contributed by atoms with Gasteiger partial charge < -0.3 is 10.2 Å². The van der Waals surface area contributed by atoms with Crippen LogP contribution in [0.1, 0.15) is 26.7 Å². The van der Waals surface area contributed by atoms with Gasteiger partial charge in [-0.15, -0.1) is 0 Å². The predicted molar refractivity (Wildman–Crippen MR) is 82.7 cm³/mol. The number of hydrogen-bond donors (Lipinski definition) is 1. The average Bonchev–Trinajstić information content (AvgIpc) is 2.39. The van der Waals surface area contributed by atoms with E-state index >= 15 is 0 Å². The van der Waals surface area contributed by atoms with Crippen LogP contribution in [0.3, 0.4) is 0 Å². The molecule has 3 heteroatoms. The Morgan fingerprint density at radius 1 is 1.29 bits per heavy atom. The van der Waals surface area contributed by atoms with Crippen molar-refractivity contribution in [1.29, 1.82) is 0 Å². The van der Waals surface area contributed by atoms with Gasteiger partial charge in [-0.2, -0.15) is 0 Å². The summed E-state index contributed by atoms with van der Waals surface area (Å²) in [6, 6.07) is 8.68. The summed E-state index contributed by atoms with van der Waals surface area (Å²) in [4.78, 5) is 2.53. The van der Waals surface area contributed by atoms with Crippen molar-refractivity contribution < 1.29 is 0 Å². The molecule has 0 unspecified atom stereocenters. The highest BCUT2D eigenvalue weighted by Crippen LogP contribution is 2.27. The summed E-state index contributed by atoms with van der Waals surface area (Å²) in [6.45, 7) is 7.90. The summed E-state index contributed by atoms with van der Waals surface area (Å²) in [6.07, 6.45) is 2.40. The zero-order valence-corrected chi connectivity index (χ0v) is 12.8. The smallest absolute Gasteiger partial charge is 0.0502 e. The van der Waals surface area contributed by atoms with E-state index in [1.807, 2.05) is 0 Å². The maximum Gasteiger partial charge on any atom is 0.0502 e. The van der Waals surface area contributed by atoms with Crippen molar-refractivity contribution in [2.75, 3.05) is 24.5 Å². The number of para-hydroxylation sites is 1. The molecule has 0 aliphatic carbocycles. The van der Waals surface area contributed by atoms with Crippen LogP contribution in [0, 0.1) is 3.57 Å². The number of benzene rings is 1. The van der Waals surface area contributed by atoms with Crippen molar-refractivity contribution in [2.24, 2.45) is 0 Å². The summed E-state index contributed by atoms with van der Waals surface area (Å²) in [7, 11) is 0. The number of halogens is 1. The van der Waals surface area contributed by atoms with E-state index in [1.54, 1.807) is 0 Å². The largest absolute Gasteiger partial charge is 0.368 e. The van der Waals surface area contributed by atoms with Gasteiger partial charge in [-0.3, -0.25) is 0 Å². The molecule has 0 spiro atoms. The summed E-state index contributed by atoms with van der Waals surface area (Å²) < 4.78 is 1.35. The van der Waals surface area contributed by atoms with Gasteiger partial charge in [-0.1, -0.05) is 26.0 Å². The van der Waals surface area contributed by atoms with Crippen molar-refractivity contribution in [2.45, 2.75) is 32.2 Å². The molecule has 1 N–H and O–H groups in total. The Kier molecular flexibility index (Phi) is 4.31. The molecule has 0 aromatic heterocycles. The van der Waals surface area contributed by atoms with Crippen molar-refractivity contribution in [3.63, 3.8) is 0 Å². The highest BCUT2D eigenvalue weighted by molar-refractivity contribution is 14.1. The highest BCUT2D eigenvalue weighted by Gasteiger charge is 2.32. The molecule has 2 nitrogen and oxygen atoms in total. The Morgan fingerprint density at radius 2 is 2.00 bits per heavy atom. The molecule has 1 aromatic rings. The van der Waals surface area contributed by atoms with Crippen LogP contribution in [0.4, 0.5) is 5.69 Å². The second-order valence-corrected chi connectivity index (χ2v) is 5.95.